The first kappa shape index (κ1) is 14.9. The molecule has 0 radical (unpaired) electrons. The van der Waals surface area contributed by atoms with Crippen molar-refractivity contribution >= 4 is 0 Å². The highest BCUT2D eigenvalue weighted by atomic mass is 19.1. The van der Waals surface area contributed by atoms with E-state index in [1.54, 1.807) is 6.07 Å². The largest absolute Gasteiger partial charge is 0.508 e. The summed E-state index contributed by atoms with van der Waals surface area (Å²) in [5.74, 6) is -0.404. The molecule has 0 aliphatic rings. The van der Waals surface area contributed by atoms with E-state index in [9.17, 15) is 9.50 Å². The van der Waals surface area contributed by atoms with E-state index in [0.29, 0.717) is 6.04 Å². The average molecular weight is 254 g/mol. The smallest absolute Gasteiger partial charge is 0.126 e. The molecule has 1 rings (SSSR count). The Morgan fingerprint density at radius 1 is 1.33 bits per heavy atom. The predicted octanol–water partition coefficient (Wildman–Crippen LogP) is 2.52. The lowest BCUT2D eigenvalue weighted by atomic mass is 10.1. The van der Waals surface area contributed by atoms with Crippen LogP contribution in [0.1, 0.15) is 31.9 Å². The third kappa shape index (κ3) is 4.63. The standard InChI is InChI=1S/C14H23FN2O/c1-10(7-8-17(3)4)16-11(2)13-6-5-12(15)9-14(13)18/h5-6,9-11,16,18H,7-8H2,1-4H3. The molecule has 1 aromatic carbocycles. The lowest BCUT2D eigenvalue weighted by Crippen LogP contribution is -2.31. The SMILES string of the molecule is CC(CCN(C)C)NC(C)c1ccc(F)cc1O. The molecule has 0 aliphatic carbocycles. The van der Waals surface area contributed by atoms with E-state index in [4.69, 9.17) is 0 Å². The number of hydrogen-bond donors (Lipinski definition) is 2. The van der Waals surface area contributed by atoms with Gasteiger partial charge in [-0.15, -0.1) is 0 Å². The van der Waals surface area contributed by atoms with Crippen LogP contribution < -0.4 is 5.32 Å². The van der Waals surface area contributed by atoms with E-state index in [0.717, 1.165) is 24.6 Å². The van der Waals surface area contributed by atoms with E-state index >= 15 is 0 Å². The van der Waals surface area contributed by atoms with Gasteiger partial charge in [-0.3, -0.25) is 0 Å². The van der Waals surface area contributed by atoms with Crippen LogP contribution in [-0.4, -0.2) is 36.7 Å². The Morgan fingerprint density at radius 2 is 2.00 bits per heavy atom. The normalized spacial score (nSPS) is 14.8. The van der Waals surface area contributed by atoms with Gasteiger partial charge in [0.15, 0.2) is 0 Å². The highest BCUT2D eigenvalue weighted by Gasteiger charge is 2.13. The summed E-state index contributed by atoms with van der Waals surface area (Å²) in [6.07, 6.45) is 1.03. The first-order valence-corrected chi connectivity index (χ1v) is 6.29. The van der Waals surface area contributed by atoms with Gasteiger partial charge in [0.25, 0.3) is 0 Å². The molecule has 18 heavy (non-hydrogen) atoms. The molecule has 2 atom stereocenters. The molecule has 0 spiro atoms. The average Bonchev–Trinajstić information content (AvgIpc) is 2.26. The minimum absolute atomic E-state index is 0.00256. The van der Waals surface area contributed by atoms with Gasteiger partial charge in [0, 0.05) is 23.7 Å². The fourth-order valence-electron chi connectivity index (χ4n) is 1.93. The summed E-state index contributed by atoms with van der Waals surface area (Å²) in [6.45, 7) is 5.09. The third-order valence-corrected chi connectivity index (χ3v) is 3.00. The molecule has 0 heterocycles. The molecule has 0 amide bonds. The molecule has 2 N–H and O–H groups in total. The van der Waals surface area contributed by atoms with Gasteiger partial charge in [0.2, 0.25) is 0 Å². The van der Waals surface area contributed by atoms with Crippen LogP contribution in [0, 0.1) is 5.82 Å². The van der Waals surface area contributed by atoms with Gasteiger partial charge in [0.1, 0.15) is 11.6 Å². The minimum atomic E-state index is -0.413. The number of phenols is 1. The zero-order chi connectivity index (χ0) is 13.7. The van der Waals surface area contributed by atoms with Crippen LogP contribution in [0.4, 0.5) is 4.39 Å². The summed E-state index contributed by atoms with van der Waals surface area (Å²) in [5.41, 5.74) is 0.730. The van der Waals surface area contributed by atoms with E-state index in [1.165, 1.54) is 6.07 Å². The second-order valence-corrected chi connectivity index (χ2v) is 5.08. The summed E-state index contributed by atoms with van der Waals surface area (Å²) in [4.78, 5) is 2.14. The fraction of sp³-hybridized carbons (Fsp3) is 0.571. The predicted molar refractivity (Wildman–Crippen MR) is 72.2 cm³/mol. The minimum Gasteiger partial charge on any atom is -0.508 e. The molecule has 0 aromatic heterocycles. The van der Waals surface area contributed by atoms with Gasteiger partial charge in [-0.2, -0.15) is 0 Å². The van der Waals surface area contributed by atoms with Crippen LogP contribution in [0.2, 0.25) is 0 Å². The van der Waals surface area contributed by atoms with Crippen molar-refractivity contribution < 1.29 is 9.50 Å². The van der Waals surface area contributed by atoms with Crippen LogP contribution in [0.25, 0.3) is 0 Å². The number of rotatable bonds is 6. The third-order valence-electron chi connectivity index (χ3n) is 3.00. The topological polar surface area (TPSA) is 35.5 Å². The van der Waals surface area contributed by atoms with E-state index in [2.05, 4.69) is 17.1 Å². The second kappa shape index (κ2) is 6.71. The zero-order valence-electron chi connectivity index (χ0n) is 11.6. The van der Waals surface area contributed by atoms with Crippen molar-refractivity contribution in [2.45, 2.75) is 32.4 Å². The molecule has 3 nitrogen and oxygen atoms in total. The summed E-state index contributed by atoms with van der Waals surface area (Å²) in [5, 5.41) is 13.1. The first-order chi connectivity index (χ1) is 8.40. The Balaban J connectivity index is 2.56. The first-order valence-electron chi connectivity index (χ1n) is 6.29. The zero-order valence-corrected chi connectivity index (χ0v) is 11.6. The Kier molecular flexibility index (Phi) is 5.56. The number of aromatic hydroxyl groups is 1. The molecule has 0 saturated heterocycles. The lowest BCUT2D eigenvalue weighted by molar-refractivity contribution is 0.351. The van der Waals surface area contributed by atoms with Crippen molar-refractivity contribution in [1.29, 1.82) is 0 Å². The molecule has 4 heteroatoms. The molecule has 102 valence electrons. The van der Waals surface area contributed by atoms with E-state index in [-0.39, 0.29) is 11.8 Å². The van der Waals surface area contributed by atoms with Crippen molar-refractivity contribution in [2.24, 2.45) is 0 Å². The van der Waals surface area contributed by atoms with Gasteiger partial charge in [-0.1, -0.05) is 6.07 Å². The number of nitrogens with one attached hydrogen (secondary N) is 1. The monoisotopic (exact) mass is 254 g/mol. The Morgan fingerprint density at radius 3 is 2.56 bits per heavy atom. The molecule has 0 fully saturated rings. The lowest BCUT2D eigenvalue weighted by Gasteiger charge is -2.22. The summed E-state index contributed by atoms with van der Waals surface area (Å²) < 4.78 is 12.9. The van der Waals surface area contributed by atoms with Crippen LogP contribution in [-0.2, 0) is 0 Å². The highest BCUT2D eigenvalue weighted by molar-refractivity contribution is 5.34. The second-order valence-electron chi connectivity index (χ2n) is 5.08. The quantitative estimate of drug-likeness (QED) is 0.819. The van der Waals surface area contributed by atoms with Gasteiger partial charge >= 0.3 is 0 Å². The molecule has 0 saturated carbocycles. The van der Waals surface area contributed by atoms with Crippen molar-refractivity contribution in [2.75, 3.05) is 20.6 Å². The molecule has 0 bridgehead atoms. The molecule has 2 unspecified atom stereocenters. The maximum atomic E-state index is 12.9. The number of benzene rings is 1. The summed E-state index contributed by atoms with van der Waals surface area (Å²) >= 11 is 0. The van der Waals surface area contributed by atoms with E-state index < -0.39 is 5.82 Å². The van der Waals surface area contributed by atoms with Crippen molar-refractivity contribution in [3.63, 3.8) is 0 Å². The maximum absolute atomic E-state index is 12.9. The van der Waals surface area contributed by atoms with Gasteiger partial charge in [-0.25, -0.2) is 4.39 Å². The molecular weight excluding hydrogens is 231 g/mol. The number of hydrogen-bond acceptors (Lipinski definition) is 3. The van der Waals surface area contributed by atoms with Crippen molar-refractivity contribution in [3.8, 4) is 5.75 Å². The summed E-state index contributed by atoms with van der Waals surface area (Å²) in [6, 6.07) is 4.49. The van der Waals surface area contributed by atoms with Crippen LogP contribution in [0.15, 0.2) is 18.2 Å². The molecule has 0 aliphatic heterocycles. The van der Waals surface area contributed by atoms with Crippen LogP contribution >= 0.6 is 0 Å². The fourth-order valence-corrected chi connectivity index (χ4v) is 1.93. The van der Waals surface area contributed by atoms with Crippen molar-refractivity contribution in [1.82, 2.24) is 10.2 Å². The van der Waals surface area contributed by atoms with Crippen LogP contribution in [0.5, 0.6) is 5.75 Å². The summed E-state index contributed by atoms with van der Waals surface area (Å²) in [7, 11) is 4.09. The van der Waals surface area contributed by atoms with Crippen molar-refractivity contribution in [3.05, 3.63) is 29.6 Å². The Labute approximate surface area is 109 Å². The molecule has 1 aromatic rings. The Hall–Kier alpha value is -1.13. The van der Waals surface area contributed by atoms with Gasteiger partial charge in [0.05, 0.1) is 0 Å². The van der Waals surface area contributed by atoms with Crippen LogP contribution in [0.3, 0.4) is 0 Å². The van der Waals surface area contributed by atoms with Gasteiger partial charge < -0.3 is 15.3 Å². The highest BCUT2D eigenvalue weighted by Crippen LogP contribution is 2.25. The number of phenolic OH excluding ortho intramolecular Hbond substituents is 1. The Bertz CT molecular complexity index is 382. The van der Waals surface area contributed by atoms with Gasteiger partial charge in [-0.05, 0) is 47.0 Å². The van der Waals surface area contributed by atoms with E-state index in [1.807, 2.05) is 21.0 Å². The number of nitrogens with zero attached hydrogens (tertiary/aromatic N) is 1. The number of halogens is 1. The maximum Gasteiger partial charge on any atom is 0.126 e. The molecular formula is C14H23FN2O.